The number of anilines is 1. The summed E-state index contributed by atoms with van der Waals surface area (Å²) in [6.45, 7) is 7.08. The molecule has 1 aromatic carbocycles. The summed E-state index contributed by atoms with van der Waals surface area (Å²) in [5.74, 6) is 0.849. The molecular formula is C16H19ClN4. The third-order valence-corrected chi connectivity index (χ3v) is 4.08. The van der Waals surface area contributed by atoms with Crippen LogP contribution < -0.4 is 4.90 Å². The van der Waals surface area contributed by atoms with Gasteiger partial charge in [-0.2, -0.15) is 0 Å². The Kier molecular flexibility index (Phi) is 4.36. The molecular weight excluding hydrogens is 284 g/mol. The Morgan fingerprint density at radius 1 is 1.19 bits per heavy atom. The van der Waals surface area contributed by atoms with Crippen molar-refractivity contribution < 1.29 is 0 Å². The van der Waals surface area contributed by atoms with Crippen molar-refractivity contribution in [2.45, 2.75) is 13.5 Å². The van der Waals surface area contributed by atoms with Crippen LogP contribution in [0.4, 0.5) is 5.82 Å². The van der Waals surface area contributed by atoms with Gasteiger partial charge in [0.05, 0.1) is 6.20 Å². The molecule has 110 valence electrons. The number of aromatic nitrogens is 2. The van der Waals surface area contributed by atoms with E-state index in [0.29, 0.717) is 5.02 Å². The van der Waals surface area contributed by atoms with Gasteiger partial charge in [0.25, 0.3) is 0 Å². The van der Waals surface area contributed by atoms with Gasteiger partial charge in [-0.25, -0.2) is 9.97 Å². The maximum atomic E-state index is 6.16. The van der Waals surface area contributed by atoms with Crippen molar-refractivity contribution in [3.63, 3.8) is 0 Å². The van der Waals surface area contributed by atoms with E-state index >= 15 is 0 Å². The summed E-state index contributed by atoms with van der Waals surface area (Å²) in [5.41, 5.74) is 2.70. The lowest BCUT2D eigenvalue weighted by molar-refractivity contribution is 0.249. The van der Waals surface area contributed by atoms with Gasteiger partial charge in [0.1, 0.15) is 11.3 Å². The average Bonchev–Trinajstić information content (AvgIpc) is 2.49. The molecule has 0 bridgehead atoms. The lowest BCUT2D eigenvalue weighted by Gasteiger charge is -2.35. The molecule has 0 amide bonds. The summed E-state index contributed by atoms with van der Waals surface area (Å²) in [4.78, 5) is 12.9. The molecule has 0 saturated carbocycles. The molecule has 2 aromatic rings. The number of nitrogens with zero attached hydrogens (tertiary/aromatic N) is 4. The minimum absolute atomic E-state index is 0.629. The van der Waals surface area contributed by atoms with Crippen LogP contribution in [0.1, 0.15) is 11.1 Å². The van der Waals surface area contributed by atoms with Gasteiger partial charge in [-0.05, 0) is 12.5 Å². The monoisotopic (exact) mass is 302 g/mol. The first-order chi connectivity index (χ1) is 10.2. The molecule has 4 nitrogen and oxygen atoms in total. The predicted octanol–water partition coefficient (Wildman–Crippen LogP) is 2.76. The molecule has 1 aliphatic rings. The molecule has 0 unspecified atom stereocenters. The van der Waals surface area contributed by atoms with Crippen LogP contribution in [0.2, 0.25) is 5.02 Å². The van der Waals surface area contributed by atoms with Crippen molar-refractivity contribution in [1.82, 2.24) is 14.9 Å². The number of rotatable bonds is 3. The van der Waals surface area contributed by atoms with Crippen LogP contribution in [0.15, 0.2) is 36.8 Å². The lowest BCUT2D eigenvalue weighted by atomic mass is 10.1. The smallest absolute Gasteiger partial charge is 0.150 e. The third-order valence-electron chi connectivity index (χ3n) is 3.81. The fourth-order valence-electron chi connectivity index (χ4n) is 2.73. The van der Waals surface area contributed by atoms with Crippen molar-refractivity contribution >= 4 is 17.4 Å². The van der Waals surface area contributed by atoms with E-state index in [1.807, 2.05) is 0 Å². The van der Waals surface area contributed by atoms with E-state index in [1.54, 1.807) is 12.5 Å². The Labute approximate surface area is 130 Å². The van der Waals surface area contributed by atoms with E-state index < -0.39 is 0 Å². The Hall–Kier alpha value is -1.65. The van der Waals surface area contributed by atoms with E-state index in [4.69, 9.17) is 11.6 Å². The Balaban J connectivity index is 1.59. The van der Waals surface area contributed by atoms with Gasteiger partial charge in [0.2, 0.25) is 0 Å². The second-order valence-corrected chi connectivity index (χ2v) is 5.85. The zero-order valence-electron chi connectivity index (χ0n) is 12.2. The fraction of sp³-hybridized carbons (Fsp3) is 0.375. The predicted molar refractivity (Wildman–Crippen MR) is 85.7 cm³/mol. The lowest BCUT2D eigenvalue weighted by Crippen LogP contribution is -2.46. The first-order valence-electron chi connectivity index (χ1n) is 7.21. The van der Waals surface area contributed by atoms with E-state index in [9.17, 15) is 0 Å². The van der Waals surface area contributed by atoms with Crippen LogP contribution in [-0.2, 0) is 6.54 Å². The van der Waals surface area contributed by atoms with Gasteiger partial charge in [0.15, 0.2) is 5.82 Å². The molecule has 3 rings (SSSR count). The highest BCUT2D eigenvalue weighted by Gasteiger charge is 2.19. The fourth-order valence-corrected chi connectivity index (χ4v) is 2.95. The van der Waals surface area contributed by atoms with E-state index in [2.05, 4.69) is 51.0 Å². The summed E-state index contributed by atoms with van der Waals surface area (Å²) in [5, 5.41) is 0.629. The molecule has 0 aliphatic carbocycles. The van der Waals surface area contributed by atoms with Crippen LogP contribution in [0.5, 0.6) is 0 Å². The molecule has 1 aromatic heterocycles. The summed E-state index contributed by atoms with van der Waals surface area (Å²) in [6, 6.07) is 8.72. The molecule has 0 radical (unpaired) electrons. The summed E-state index contributed by atoms with van der Waals surface area (Å²) in [6.07, 6.45) is 3.21. The number of benzene rings is 1. The number of hydrogen-bond donors (Lipinski definition) is 0. The van der Waals surface area contributed by atoms with Crippen LogP contribution >= 0.6 is 11.6 Å². The zero-order valence-corrected chi connectivity index (χ0v) is 12.9. The van der Waals surface area contributed by atoms with Crippen molar-refractivity contribution in [2.75, 3.05) is 31.1 Å². The first-order valence-corrected chi connectivity index (χ1v) is 7.58. The van der Waals surface area contributed by atoms with Crippen LogP contribution in [0.3, 0.4) is 0 Å². The van der Waals surface area contributed by atoms with E-state index in [1.165, 1.54) is 11.1 Å². The maximum Gasteiger partial charge on any atom is 0.150 e. The van der Waals surface area contributed by atoms with Crippen LogP contribution in [-0.4, -0.2) is 41.0 Å². The van der Waals surface area contributed by atoms with Gasteiger partial charge < -0.3 is 4.90 Å². The highest BCUT2D eigenvalue weighted by Crippen LogP contribution is 2.22. The highest BCUT2D eigenvalue weighted by molar-refractivity contribution is 6.32. The first kappa shape index (κ1) is 14.3. The second-order valence-electron chi connectivity index (χ2n) is 5.45. The molecule has 0 N–H and O–H groups in total. The normalized spacial score (nSPS) is 16.2. The quantitative estimate of drug-likeness (QED) is 0.873. The largest absolute Gasteiger partial charge is 0.353 e. The maximum absolute atomic E-state index is 6.16. The number of piperazine rings is 1. The molecule has 5 heteroatoms. The van der Waals surface area contributed by atoms with Crippen LogP contribution in [0, 0.1) is 6.92 Å². The minimum Gasteiger partial charge on any atom is -0.353 e. The summed E-state index contributed by atoms with van der Waals surface area (Å²) < 4.78 is 0. The Morgan fingerprint density at radius 2 is 2.00 bits per heavy atom. The third kappa shape index (κ3) is 3.52. The number of halogens is 1. The Bertz CT molecular complexity index is 609. The van der Waals surface area contributed by atoms with Crippen molar-refractivity contribution in [1.29, 1.82) is 0 Å². The van der Waals surface area contributed by atoms with Gasteiger partial charge in [0, 0.05) is 32.7 Å². The zero-order chi connectivity index (χ0) is 14.7. The van der Waals surface area contributed by atoms with Gasteiger partial charge in [-0.1, -0.05) is 41.4 Å². The van der Waals surface area contributed by atoms with E-state index in [-0.39, 0.29) is 0 Å². The van der Waals surface area contributed by atoms with E-state index in [0.717, 1.165) is 38.5 Å². The molecule has 0 atom stereocenters. The molecule has 1 aliphatic heterocycles. The van der Waals surface area contributed by atoms with Gasteiger partial charge >= 0.3 is 0 Å². The van der Waals surface area contributed by atoms with Crippen molar-refractivity contribution in [2.24, 2.45) is 0 Å². The summed E-state index contributed by atoms with van der Waals surface area (Å²) in [7, 11) is 0. The molecule has 1 saturated heterocycles. The second kappa shape index (κ2) is 6.41. The Morgan fingerprint density at radius 3 is 2.71 bits per heavy atom. The van der Waals surface area contributed by atoms with Crippen LogP contribution in [0.25, 0.3) is 0 Å². The highest BCUT2D eigenvalue weighted by atomic mass is 35.5. The number of hydrogen-bond acceptors (Lipinski definition) is 4. The van der Waals surface area contributed by atoms with Gasteiger partial charge in [-0.3, -0.25) is 4.90 Å². The minimum atomic E-state index is 0.629. The number of aryl methyl sites for hydroxylation is 1. The van der Waals surface area contributed by atoms with Crippen molar-refractivity contribution in [3.8, 4) is 0 Å². The standard InChI is InChI=1S/C16H19ClN4/c1-13-3-2-4-14(9-13)11-20-5-7-21(8-6-20)16-15(17)10-18-12-19-16/h2-4,9-10,12H,5-8,11H2,1H3. The molecule has 1 fully saturated rings. The SMILES string of the molecule is Cc1cccc(CN2CCN(c3ncncc3Cl)CC2)c1. The van der Waals surface area contributed by atoms with Crippen molar-refractivity contribution in [3.05, 3.63) is 52.9 Å². The molecule has 21 heavy (non-hydrogen) atoms. The molecule has 0 spiro atoms. The summed E-state index contributed by atoms with van der Waals surface area (Å²) >= 11 is 6.16. The topological polar surface area (TPSA) is 32.3 Å². The average molecular weight is 303 g/mol. The molecule has 2 heterocycles. The van der Waals surface area contributed by atoms with Gasteiger partial charge in [-0.15, -0.1) is 0 Å².